The van der Waals surface area contributed by atoms with Gasteiger partial charge in [0.25, 0.3) is 0 Å². The molecular formula is C27H28N2O2. The van der Waals surface area contributed by atoms with Crippen molar-refractivity contribution in [2.75, 3.05) is 20.2 Å². The number of carbonyl (C=O) groups excluding carboxylic acids is 1. The first kappa shape index (κ1) is 20.0. The van der Waals surface area contributed by atoms with Crippen LogP contribution in [0.5, 0.6) is 5.75 Å². The van der Waals surface area contributed by atoms with Crippen molar-refractivity contribution < 1.29 is 9.53 Å². The molecule has 3 aliphatic rings. The number of fused-ring (bicyclic) bond motifs is 4. The highest BCUT2D eigenvalue weighted by Gasteiger charge is 2.45. The lowest BCUT2D eigenvalue weighted by atomic mass is 9.69. The molecule has 4 nitrogen and oxygen atoms in total. The zero-order valence-corrected chi connectivity index (χ0v) is 17.9. The van der Waals surface area contributed by atoms with Crippen molar-refractivity contribution in [2.24, 2.45) is 11.8 Å². The Labute approximate surface area is 183 Å². The molecule has 31 heavy (non-hydrogen) atoms. The van der Waals surface area contributed by atoms with E-state index >= 15 is 0 Å². The minimum Gasteiger partial charge on any atom is -0.497 e. The molecule has 0 radical (unpaired) electrons. The van der Waals surface area contributed by atoms with E-state index in [9.17, 15) is 4.79 Å². The molecule has 0 amide bonds. The van der Waals surface area contributed by atoms with Crippen LogP contribution >= 0.6 is 0 Å². The average Bonchev–Trinajstić information content (AvgIpc) is 2.84. The van der Waals surface area contributed by atoms with Gasteiger partial charge in [0.1, 0.15) is 5.75 Å². The van der Waals surface area contributed by atoms with Crippen molar-refractivity contribution in [3.05, 3.63) is 84.6 Å². The average molecular weight is 413 g/mol. The second kappa shape index (κ2) is 8.27. The Morgan fingerprint density at radius 2 is 2.06 bits per heavy atom. The molecule has 1 unspecified atom stereocenters. The van der Waals surface area contributed by atoms with Crippen molar-refractivity contribution >= 4 is 16.7 Å². The van der Waals surface area contributed by atoms with Gasteiger partial charge in [0, 0.05) is 29.7 Å². The van der Waals surface area contributed by atoms with Crippen LogP contribution in [-0.2, 0) is 0 Å². The van der Waals surface area contributed by atoms with Gasteiger partial charge in [-0.3, -0.25) is 14.7 Å². The monoisotopic (exact) mass is 412 g/mol. The zero-order chi connectivity index (χ0) is 21.4. The van der Waals surface area contributed by atoms with Crippen LogP contribution in [0.2, 0.25) is 0 Å². The molecule has 0 N–H and O–H groups in total. The van der Waals surface area contributed by atoms with Crippen molar-refractivity contribution in [2.45, 2.75) is 24.8 Å². The topological polar surface area (TPSA) is 42.4 Å². The highest BCUT2D eigenvalue weighted by atomic mass is 16.5. The Kier molecular flexibility index (Phi) is 5.33. The number of pyridine rings is 1. The Morgan fingerprint density at radius 1 is 1.23 bits per heavy atom. The molecule has 2 aromatic carbocycles. The van der Waals surface area contributed by atoms with E-state index in [4.69, 9.17) is 4.74 Å². The van der Waals surface area contributed by atoms with Gasteiger partial charge in [0.15, 0.2) is 5.78 Å². The lowest BCUT2D eigenvalue weighted by Crippen LogP contribution is -2.56. The fourth-order valence-electron chi connectivity index (χ4n) is 5.57. The normalized spacial score (nSPS) is 25.8. The fourth-order valence-corrected chi connectivity index (χ4v) is 5.57. The maximum absolute atomic E-state index is 14.0. The summed E-state index contributed by atoms with van der Waals surface area (Å²) in [6.07, 6.45) is 6.14. The van der Waals surface area contributed by atoms with Crippen molar-refractivity contribution in [1.82, 2.24) is 9.88 Å². The van der Waals surface area contributed by atoms with Gasteiger partial charge in [-0.1, -0.05) is 36.4 Å². The van der Waals surface area contributed by atoms with E-state index < -0.39 is 0 Å². The van der Waals surface area contributed by atoms with E-state index in [-0.39, 0.29) is 17.7 Å². The highest BCUT2D eigenvalue weighted by Crippen LogP contribution is 2.44. The fraction of sp³-hybridized carbons (Fsp3) is 0.333. The molecule has 0 spiro atoms. The number of benzene rings is 2. The van der Waals surface area contributed by atoms with E-state index in [1.807, 2.05) is 60.8 Å². The molecule has 4 heterocycles. The molecule has 6 rings (SSSR count). The predicted molar refractivity (Wildman–Crippen MR) is 124 cm³/mol. The van der Waals surface area contributed by atoms with E-state index in [1.54, 1.807) is 7.11 Å². The van der Waals surface area contributed by atoms with Gasteiger partial charge in [-0.05, 0) is 61.1 Å². The number of nitrogens with zero attached hydrogens (tertiary/aromatic N) is 2. The first-order valence-corrected chi connectivity index (χ1v) is 11.1. The zero-order valence-electron chi connectivity index (χ0n) is 17.9. The molecule has 3 fully saturated rings. The lowest BCUT2D eigenvalue weighted by Gasteiger charge is -2.51. The number of carbonyl (C=O) groups is 1. The third-order valence-corrected chi connectivity index (χ3v) is 7.20. The summed E-state index contributed by atoms with van der Waals surface area (Å²) in [7, 11) is 1.67. The minimum absolute atomic E-state index is 0.180. The van der Waals surface area contributed by atoms with Gasteiger partial charge in [0.05, 0.1) is 18.5 Å². The summed E-state index contributed by atoms with van der Waals surface area (Å²) < 4.78 is 5.49. The second-order valence-corrected chi connectivity index (χ2v) is 8.74. The summed E-state index contributed by atoms with van der Waals surface area (Å²) in [4.78, 5) is 21.0. The van der Waals surface area contributed by atoms with Gasteiger partial charge in [-0.2, -0.15) is 0 Å². The number of Topliss-reactive ketones (excluding diaryl/α,β-unsaturated/α-hetero) is 1. The van der Waals surface area contributed by atoms with Crippen LogP contribution in [0, 0.1) is 11.8 Å². The highest BCUT2D eigenvalue weighted by molar-refractivity contribution is 6.04. The van der Waals surface area contributed by atoms with Crippen molar-refractivity contribution in [3.8, 4) is 5.75 Å². The second-order valence-electron chi connectivity index (χ2n) is 8.74. The van der Waals surface area contributed by atoms with Crippen LogP contribution in [0.3, 0.4) is 0 Å². The van der Waals surface area contributed by atoms with Crippen LogP contribution in [0.4, 0.5) is 0 Å². The van der Waals surface area contributed by atoms with Gasteiger partial charge in [0.2, 0.25) is 0 Å². The summed E-state index contributed by atoms with van der Waals surface area (Å²) >= 11 is 0. The van der Waals surface area contributed by atoms with E-state index in [0.717, 1.165) is 47.3 Å². The summed E-state index contributed by atoms with van der Waals surface area (Å²) in [5.74, 6) is 1.84. The number of rotatable bonds is 6. The van der Waals surface area contributed by atoms with Gasteiger partial charge < -0.3 is 4.74 Å². The van der Waals surface area contributed by atoms with Crippen LogP contribution < -0.4 is 4.74 Å². The van der Waals surface area contributed by atoms with Crippen LogP contribution in [0.25, 0.3) is 10.9 Å². The summed E-state index contributed by atoms with van der Waals surface area (Å²) in [5.41, 5.74) is 2.71. The van der Waals surface area contributed by atoms with Crippen LogP contribution in [0.15, 0.2) is 73.4 Å². The number of hydrogen-bond donors (Lipinski definition) is 0. The smallest absolute Gasteiger partial charge is 0.171 e. The molecule has 0 saturated carbocycles. The van der Waals surface area contributed by atoms with Gasteiger partial charge in [-0.25, -0.2) is 0 Å². The van der Waals surface area contributed by atoms with E-state index in [2.05, 4.69) is 22.5 Å². The van der Waals surface area contributed by atoms with Crippen molar-refractivity contribution in [1.29, 1.82) is 0 Å². The summed E-state index contributed by atoms with van der Waals surface area (Å²) in [6, 6.07) is 17.8. The number of hydrogen-bond acceptors (Lipinski definition) is 4. The third kappa shape index (κ3) is 3.55. The number of ether oxygens (including phenoxy) is 1. The molecule has 1 aromatic heterocycles. The number of aromatic nitrogens is 1. The minimum atomic E-state index is -0.242. The molecule has 158 valence electrons. The third-order valence-electron chi connectivity index (χ3n) is 7.20. The Balaban J connectivity index is 1.64. The SMILES string of the molecule is C=C[C@@H]1CN2CC[C@H]1C[C@@H]2[C@@H](C(=O)c1ccccc1)c1ccnc2ccc(OC)cc12. The number of ketones is 1. The molecule has 4 heteroatoms. The van der Waals surface area contributed by atoms with E-state index in [1.165, 1.54) is 6.42 Å². The molecular weight excluding hydrogens is 384 g/mol. The predicted octanol–water partition coefficient (Wildman–Crippen LogP) is 5.11. The Bertz CT molecular complexity index is 1110. The van der Waals surface area contributed by atoms with Gasteiger partial charge >= 0.3 is 0 Å². The Hall–Kier alpha value is -2.98. The van der Waals surface area contributed by atoms with Crippen LogP contribution in [-0.4, -0.2) is 41.9 Å². The maximum atomic E-state index is 14.0. The summed E-state index contributed by atoms with van der Waals surface area (Å²) in [5, 5.41) is 0.999. The summed E-state index contributed by atoms with van der Waals surface area (Å²) in [6.45, 7) is 6.09. The molecule has 2 bridgehead atoms. The molecule has 3 saturated heterocycles. The molecule has 3 aromatic rings. The number of piperidine rings is 3. The number of methoxy groups -OCH3 is 1. The largest absolute Gasteiger partial charge is 0.497 e. The molecule has 0 aliphatic carbocycles. The standard InChI is InChI=1S/C27H28N2O2/c1-3-18-17-29-14-12-20(18)15-25(29)26(27(30)19-7-5-4-6-8-19)22-11-13-28-24-10-9-21(31-2)16-23(22)24/h3-11,13,16,18,20,25-26H,1,12,14-15,17H2,2H3/t18-,20+,25-,26+/m1/s1. The molecule has 5 atom stereocenters. The van der Waals surface area contributed by atoms with Crippen molar-refractivity contribution in [3.63, 3.8) is 0 Å². The van der Waals surface area contributed by atoms with Gasteiger partial charge in [-0.15, -0.1) is 6.58 Å². The van der Waals surface area contributed by atoms with E-state index in [0.29, 0.717) is 11.8 Å². The first-order chi connectivity index (χ1) is 15.2. The quantitative estimate of drug-likeness (QED) is 0.417. The maximum Gasteiger partial charge on any atom is 0.171 e. The lowest BCUT2D eigenvalue weighted by molar-refractivity contribution is 0.00819. The Morgan fingerprint density at radius 3 is 2.77 bits per heavy atom. The van der Waals surface area contributed by atoms with Crippen LogP contribution in [0.1, 0.15) is 34.7 Å². The first-order valence-electron chi connectivity index (χ1n) is 11.1. The molecule has 3 aliphatic heterocycles.